The van der Waals surface area contributed by atoms with Gasteiger partial charge in [-0.15, -0.1) is 0 Å². The van der Waals surface area contributed by atoms with E-state index < -0.39 is 12.1 Å². The van der Waals surface area contributed by atoms with Gasteiger partial charge in [0, 0.05) is 6.54 Å². The molecule has 0 rings (SSSR count). The maximum atomic E-state index is 12.4. The van der Waals surface area contributed by atoms with Gasteiger partial charge in [-0.05, 0) is 18.9 Å². The molecule has 0 aliphatic carbocycles. The maximum Gasteiger partial charge on any atom is 0.393 e. The highest BCUT2D eigenvalue weighted by atomic mass is 19.4. The fraction of sp³-hybridized carbons (Fsp3) is 1.00. The zero-order valence-corrected chi connectivity index (χ0v) is 8.63. The van der Waals surface area contributed by atoms with Crippen LogP contribution in [-0.2, 0) is 0 Å². The topological polar surface area (TPSA) is 12.0 Å². The Morgan fingerprint density at radius 3 is 1.85 bits per heavy atom. The fourth-order valence-corrected chi connectivity index (χ4v) is 1.29. The number of hydrogen-bond acceptors (Lipinski definition) is 1. The monoisotopic (exact) mass is 197 g/mol. The maximum absolute atomic E-state index is 12.4. The third kappa shape index (κ3) is 5.91. The summed E-state index contributed by atoms with van der Waals surface area (Å²) in [4.78, 5) is 0. The second-order valence-corrected chi connectivity index (χ2v) is 4.56. The van der Waals surface area contributed by atoms with E-state index in [-0.39, 0.29) is 18.4 Å². The van der Waals surface area contributed by atoms with Gasteiger partial charge in [0.15, 0.2) is 0 Å². The molecule has 4 heteroatoms. The molecule has 0 aliphatic rings. The zero-order valence-electron chi connectivity index (χ0n) is 8.63. The molecule has 1 nitrogen and oxygen atoms in total. The first-order valence-corrected chi connectivity index (χ1v) is 4.38. The standard InChI is InChI=1S/C9H18F3N/c1-8(2,3)5-7(6-13-4)9(10,11)12/h7,13H,5-6H2,1-4H3. The van der Waals surface area contributed by atoms with E-state index in [1.807, 2.05) is 20.8 Å². The van der Waals surface area contributed by atoms with Gasteiger partial charge >= 0.3 is 6.18 Å². The van der Waals surface area contributed by atoms with E-state index in [0.29, 0.717) is 0 Å². The van der Waals surface area contributed by atoms with Crippen molar-refractivity contribution in [2.45, 2.75) is 33.4 Å². The molecule has 0 aromatic rings. The second kappa shape index (κ2) is 4.31. The summed E-state index contributed by atoms with van der Waals surface area (Å²) in [5, 5.41) is 2.58. The van der Waals surface area contributed by atoms with E-state index in [2.05, 4.69) is 5.32 Å². The van der Waals surface area contributed by atoms with Gasteiger partial charge in [0.2, 0.25) is 0 Å². The normalized spacial score (nSPS) is 15.9. The van der Waals surface area contributed by atoms with E-state index >= 15 is 0 Å². The zero-order chi connectivity index (χ0) is 10.7. The van der Waals surface area contributed by atoms with Gasteiger partial charge < -0.3 is 5.32 Å². The Morgan fingerprint density at radius 2 is 1.62 bits per heavy atom. The summed E-state index contributed by atoms with van der Waals surface area (Å²) in [6.07, 6.45) is -3.92. The first-order valence-electron chi connectivity index (χ1n) is 4.38. The highest BCUT2D eigenvalue weighted by Gasteiger charge is 2.40. The molecule has 0 fully saturated rings. The minimum Gasteiger partial charge on any atom is -0.319 e. The molecule has 13 heavy (non-hydrogen) atoms. The highest BCUT2D eigenvalue weighted by Crippen LogP contribution is 2.35. The van der Waals surface area contributed by atoms with Crippen molar-refractivity contribution in [3.8, 4) is 0 Å². The number of alkyl halides is 3. The average Bonchev–Trinajstić information content (AvgIpc) is 1.81. The third-order valence-corrected chi connectivity index (χ3v) is 1.77. The molecule has 0 aliphatic heterocycles. The molecule has 1 N–H and O–H groups in total. The Labute approximate surface area is 77.7 Å². The van der Waals surface area contributed by atoms with Gasteiger partial charge in [-0.1, -0.05) is 20.8 Å². The molecular weight excluding hydrogens is 179 g/mol. The summed E-state index contributed by atoms with van der Waals surface area (Å²) >= 11 is 0. The molecular formula is C9H18F3N. The van der Waals surface area contributed by atoms with E-state index in [9.17, 15) is 13.2 Å². The summed E-state index contributed by atoms with van der Waals surface area (Å²) < 4.78 is 37.2. The van der Waals surface area contributed by atoms with Crippen LogP contribution in [0.3, 0.4) is 0 Å². The van der Waals surface area contributed by atoms with E-state index in [1.54, 1.807) is 7.05 Å². The molecule has 0 saturated carbocycles. The predicted octanol–water partition coefficient (Wildman–Crippen LogP) is 2.82. The molecule has 1 atom stereocenters. The van der Waals surface area contributed by atoms with Crippen LogP contribution in [0.5, 0.6) is 0 Å². The van der Waals surface area contributed by atoms with Crippen molar-refractivity contribution in [2.75, 3.05) is 13.6 Å². The van der Waals surface area contributed by atoms with Crippen LogP contribution in [0.15, 0.2) is 0 Å². The Bertz CT molecular complexity index is 146. The smallest absolute Gasteiger partial charge is 0.319 e. The largest absolute Gasteiger partial charge is 0.393 e. The van der Waals surface area contributed by atoms with Crippen LogP contribution in [0.1, 0.15) is 27.2 Å². The van der Waals surface area contributed by atoms with Gasteiger partial charge in [-0.3, -0.25) is 0 Å². The molecule has 0 amide bonds. The number of halogens is 3. The molecule has 0 spiro atoms. The van der Waals surface area contributed by atoms with Crippen LogP contribution >= 0.6 is 0 Å². The van der Waals surface area contributed by atoms with Crippen molar-refractivity contribution < 1.29 is 13.2 Å². The molecule has 0 saturated heterocycles. The lowest BCUT2D eigenvalue weighted by atomic mass is 9.84. The SMILES string of the molecule is CNCC(CC(C)(C)C)C(F)(F)F. The molecule has 0 heterocycles. The molecule has 1 unspecified atom stereocenters. The fourth-order valence-electron chi connectivity index (χ4n) is 1.29. The minimum atomic E-state index is -4.09. The average molecular weight is 197 g/mol. The van der Waals surface area contributed by atoms with Gasteiger partial charge in [0.1, 0.15) is 0 Å². The van der Waals surface area contributed by atoms with Crippen molar-refractivity contribution in [1.29, 1.82) is 0 Å². The van der Waals surface area contributed by atoms with Crippen molar-refractivity contribution >= 4 is 0 Å². The second-order valence-electron chi connectivity index (χ2n) is 4.56. The summed E-state index contributed by atoms with van der Waals surface area (Å²) in [5.74, 6) is -1.24. The van der Waals surface area contributed by atoms with Crippen LogP contribution in [0.4, 0.5) is 13.2 Å². The third-order valence-electron chi connectivity index (χ3n) is 1.77. The predicted molar refractivity (Wildman–Crippen MR) is 47.5 cm³/mol. The number of nitrogens with one attached hydrogen (secondary N) is 1. The molecule has 0 aromatic heterocycles. The van der Waals surface area contributed by atoms with Crippen LogP contribution in [-0.4, -0.2) is 19.8 Å². The van der Waals surface area contributed by atoms with Gasteiger partial charge in [0.25, 0.3) is 0 Å². The summed E-state index contributed by atoms with van der Waals surface area (Å²) in [5.41, 5.74) is -0.281. The molecule has 0 bridgehead atoms. The minimum absolute atomic E-state index is 0.000764. The van der Waals surface area contributed by atoms with Gasteiger partial charge in [-0.2, -0.15) is 13.2 Å². The number of hydrogen-bond donors (Lipinski definition) is 1. The van der Waals surface area contributed by atoms with Crippen molar-refractivity contribution in [3.05, 3.63) is 0 Å². The van der Waals surface area contributed by atoms with Crippen LogP contribution in [0, 0.1) is 11.3 Å². The van der Waals surface area contributed by atoms with E-state index in [0.717, 1.165) is 0 Å². The summed E-state index contributed by atoms with van der Waals surface area (Å²) in [6, 6.07) is 0. The van der Waals surface area contributed by atoms with Crippen molar-refractivity contribution in [3.63, 3.8) is 0 Å². The molecule has 0 aromatic carbocycles. The van der Waals surface area contributed by atoms with Gasteiger partial charge in [0.05, 0.1) is 5.92 Å². The summed E-state index contributed by atoms with van der Waals surface area (Å²) in [7, 11) is 1.54. The first-order chi connectivity index (χ1) is 5.67. The Balaban J connectivity index is 4.27. The lowest BCUT2D eigenvalue weighted by Gasteiger charge is -2.27. The lowest BCUT2D eigenvalue weighted by molar-refractivity contribution is -0.180. The van der Waals surface area contributed by atoms with E-state index in [4.69, 9.17) is 0 Å². The quantitative estimate of drug-likeness (QED) is 0.733. The lowest BCUT2D eigenvalue weighted by Crippen LogP contribution is -2.34. The van der Waals surface area contributed by atoms with Crippen molar-refractivity contribution in [1.82, 2.24) is 5.32 Å². The van der Waals surface area contributed by atoms with Crippen LogP contribution in [0.2, 0.25) is 0 Å². The molecule has 80 valence electrons. The van der Waals surface area contributed by atoms with E-state index in [1.165, 1.54) is 0 Å². The Morgan fingerprint density at radius 1 is 1.15 bits per heavy atom. The van der Waals surface area contributed by atoms with Crippen molar-refractivity contribution in [2.24, 2.45) is 11.3 Å². The molecule has 0 radical (unpaired) electrons. The Hall–Kier alpha value is -0.250. The van der Waals surface area contributed by atoms with Crippen LogP contribution in [0.25, 0.3) is 0 Å². The number of rotatable bonds is 3. The van der Waals surface area contributed by atoms with Gasteiger partial charge in [-0.25, -0.2) is 0 Å². The Kier molecular flexibility index (Phi) is 4.23. The first kappa shape index (κ1) is 12.8. The summed E-state index contributed by atoms with van der Waals surface area (Å²) in [6.45, 7) is 5.46. The highest BCUT2D eigenvalue weighted by molar-refractivity contribution is 4.76. The van der Waals surface area contributed by atoms with Crippen LogP contribution < -0.4 is 5.32 Å².